The highest BCUT2D eigenvalue weighted by atomic mass is 16.2. The van der Waals surface area contributed by atoms with E-state index in [1.54, 1.807) is 6.07 Å². The Morgan fingerprint density at radius 3 is 2.76 bits per heavy atom. The highest BCUT2D eigenvalue weighted by Gasteiger charge is 2.36. The van der Waals surface area contributed by atoms with E-state index in [2.05, 4.69) is 15.3 Å². The van der Waals surface area contributed by atoms with Crippen molar-refractivity contribution in [1.29, 1.82) is 0 Å². The van der Waals surface area contributed by atoms with Crippen molar-refractivity contribution in [2.75, 3.05) is 12.0 Å². The van der Waals surface area contributed by atoms with E-state index in [4.69, 9.17) is 5.84 Å². The van der Waals surface area contributed by atoms with Crippen LogP contribution in [0.1, 0.15) is 54.6 Å². The maximum atomic E-state index is 12.9. The lowest BCUT2D eigenvalue weighted by Crippen LogP contribution is -2.39. The Labute approximate surface area is 125 Å². The molecule has 1 atom stereocenters. The lowest BCUT2D eigenvalue weighted by atomic mass is 9.95. The molecule has 3 rings (SSSR count). The van der Waals surface area contributed by atoms with Gasteiger partial charge in [0.05, 0.1) is 0 Å². The number of amides is 1. The Bertz CT molecular complexity index is 525. The highest BCUT2D eigenvalue weighted by Crippen LogP contribution is 2.36. The second kappa shape index (κ2) is 6.02. The molecule has 1 amide bonds. The zero-order valence-corrected chi connectivity index (χ0v) is 12.6. The van der Waals surface area contributed by atoms with Gasteiger partial charge in [0.25, 0.3) is 5.91 Å². The first-order valence-corrected chi connectivity index (χ1v) is 7.95. The molecule has 3 N–H and O–H groups in total. The molecule has 0 spiro atoms. The summed E-state index contributed by atoms with van der Waals surface area (Å²) < 4.78 is 0. The highest BCUT2D eigenvalue weighted by molar-refractivity contribution is 5.95. The molecule has 1 aliphatic heterocycles. The topological polar surface area (TPSA) is 71.2 Å². The van der Waals surface area contributed by atoms with E-state index in [-0.39, 0.29) is 5.91 Å². The largest absolute Gasteiger partial charge is 0.335 e. The van der Waals surface area contributed by atoms with Gasteiger partial charge in [-0.3, -0.25) is 4.79 Å². The molecule has 5 nitrogen and oxygen atoms in total. The Hall–Kier alpha value is -1.62. The first-order chi connectivity index (χ1) is 10.2. The van der Waals surface area contributed by atoms with Gasteiger partial charge in [0, 0.05) is 23.8 Å². The Morgan fingerprint density at radius 2 is 2.05 bits per heavy atom. The van der Waals surface area contributed by atoms with Gasteiger partial charge in [-0.1, -0.05) is 12.8 Å². The number of anilines is 1. The third-order valence-corrected chi connectivity index (χ3v) is 4.85. The van der Waals surface area contributed by atoms with Crippen LogP contribution in [-0.2, 0) is 0 Å². The molecule has 114 valence electrons. The maximum absolute atomic E-state index is 12.9. The first-order valence-electron chi connectivity index (χ1n) is 7.95. The lowest BCUT2D eigenvalue weighted by Gasteiger charge is -2.29. The number of nitrogen functional groups attached to an aromatic ring is 1. The normalized spacial score (nSPS) is 22.8. The summed E-state index contributed by atoms with van der Waals surface area (Å²) in [4.78, 5) is 19.2. The zero-order chi connectivity index (χ0) is 14.8. The molecule has 1 saturated carbocycles. The van der Waals surface area contributed by atoms with Crippen molar-refractivity contribution in [1.82, 2.24) is 9.88 Å². The molecule has 1 aromatic heterocycles. The molecular weight excluding hydrogens is 264 g/mol. The molecule has 1 aliphatic carbocycles. The van der Waals surface area contributed by atoms with Crippen molar-refractivity contribution < 1.29 is 4.79 Å². The number of aromatic nitrogens is 1. The van der Waals surface area contributed by atoms with E-state index < -0.39 is 0 Å². The summed E-state index contributed by atoms with van der Waals surface area (Å²) >= 11 is 0. The van der Waals surface area contributed by atoms with Crippen molar-refractivity contribution in [3.63, 3.8) is 0 Å². The van der Waals surface area contributed by atoms with Gasteiger partial charge in [-0.15, -0.1) is 0 Å². The summed E-state index contributed by atoms with van der Waals surface area (Å²) in [6, 6.07) is 4.04. The van der Waals surface area contributed by atoms with Crippen LogP contribution in [0.2, 0.25) is 0 Å². The SMILES string of the molecule is Cc1cc(C(=O)N2CCCC2C2CCCC2)cc(NN)n1. The maximum Gasteiger partial charge on any atom is 0.254 e. The third kappa shape index (κ3) is 2.88. The summed E-state index contributed by atoms with van der Waals surface area (Å²) in [5.41, 5.74) is 4.04. The number of nitrogens with zero attached hydrogens (tertiary/aromatic N) is 2. The molecule has 0 bridgehead atoms. The van der Waals surface area contributed by atoms with Gasteiger partial charge in [-0.2, -0.15) is 0 Å². The van der Waals surface area contributed by atoms with Gasteiger partial charge >= 0.3 is 0 Å². The number of nitrogens with two attached hydrogens (primary N) is 1. The summed E-state index contributed by atoms with van der Waals surface area (Å²) in [6.07, 6.45) is 7.47. The molecule has 1 saturated heterocycles. The van der Waals surface area contributed by atoms with Crippen LogP contribution in [0.3, 0.4) is 0 Å². The van der Waals surface area contributed by atoms with Crippen molar-refractivity contribution in [3.8, 4) is 0 Å². The molecule has 2 fully saturated rings. The molecule has 5 heteroatoms. The predicted octanol–water partition coefficient (Wildman–Crippen LogP) is 2.47. The number of carbonyl (C=O) groups excluding carboxylic acids is 1. The molecule has 2 aliphatic rings. The minimum Gasteiger partial charge on any atom is -0.335 e. The quantitative estimate of drug-likeness (QED) is 0.662. The van der Waals surface area contributed by atoms with Crippen LogP contribution in [0.25, 0.3) is 0 Å². The minimum atomic E-state index is 0.131. The molecule has 21 heavy (non-hydrogen) atoms. The number of nitrogens with one attached hydrogen (secondary N) is 1. The van der Waals surface area contributed by atoms with E-state index in [9.17, 15) is 4.79 Å². The third-order valence-electron chi connectivity index (χ3n) is 4.85. The van der Waals surface area contributed by atoms with E-state index in [0.29, 0.717) is 23.3 Å². The van der Waals surface area contributed by atoms with E-state index in [1.807, 2.05) is 13.0 Å². The number of aryl methyl sites for hydroxylation is 1. The van der Waals surface area contributed by atoms with E-state index in [1.165, 1.54) is 25.7 Å². The smallest absolute Gasteiger partial charge is 0.254 e. The molecule has 0 radical (unpaired) electrons. The minimum absolute atomic E-state index is 0.131. The number of hydrogen-bond acceptors (Lipinski definition) is 4. The standard InChI is InChI=1S/C16H24N4O/c1-11-9-13(10-15(18-11)19-17)16(21)20-8-4-7-14(20)12-5-2-3-6-12/h9-10,12,14H,2-8,17H2,1H3,(H,18,19). The van der Waals surface area contributed by atoms with Gasteiger partial charge in [-0.05, 0) is 50.7 Å². The molecular formula is C16H24N4O. The van der Waals surface area contributed by atoms with Gasteiger partial charge in [0.15, 0.2) is 0 Å². The number of hydrogen-bond donors (Lipinski definition) is 2. The molecule has 1 aromatic rings. The van der Waals surface area contributed by atoms with Crippen LogP contribution in [0, 0.1) is 12.8 Å². The summed E-state index contributed by atoms with van der Waals surface area (Å²) in [7, 11) is 0. The summed E-state index contributed by atoms with van der Waals surface area (Å²) in [5, 5.41) is 0. The Morgan fingerprint density at radius 1 is 1.29 bits per heavy atom. The molecule has 0 aromatic carbocycles. The van der Waals surface area contributed by atoms with Crippen molar-refractivity contribution in [2.45, 2.75) is 51.5 Å². The van der Waals surface area contributed by atoms with Gasteiger partial charge in [-0.25, -0.2) is 10.8 Å². The van der Waals surface area contributed by atoms with Crippen LogP contribution < -0.4 is 11.3 Å². The fraction of sp³-hybridized carbons (Fsp3) is 0.625. The number of carbonyl (C=O) groups is 1. The second-order valence-electron chi connectivity index (χ2n) is 6.28. The average molecular weight is 288 g/mol. The number of pyridine rings is 1. The van der Waals surface area contributed by atoms with Gasteiger partial charge in [0.2, 0.25) is 0 Å². The zero-order valence-electron chi connectivity index (χ0n) is 12.6. The van der Waals surface area contributed by atoms with Crippen LogP contribution in [0.5, 0.6) is 0 Å². The fourth-order valence-electron chi connectivity index (χ4n) is 3.91. The number of hydrazine groups is 1. The average Bonchev–Trinajstić information content (AvgIpc) is 3.16. The van der Waals surface area contributed by atoms with Crippen molar-refractivity contribution >= 4 is 11.7 Å². The molecule has 1 unspecified atom stereocenters. The number of rotatable bonds is 3. The van der Waals surface area contributed by atoms with Crippen molar-refractivity contribution in [3.05, 3.63) is 23.4 Å². The lowest BCUT2D eigenvalue weighted by molar-refractivity contribution is 0.0689. The van der Waals surface area contributed by atoms with Crippen LogP contribution in [-0.4, -0.2) is 28.4 Å². The van der Waals surface area contributed by atoms with E-state index >= 15 is 0 Å². The fourth-order valence-corrected chi connectivity index (χ4v) is 3.91. The first kappa shape index (κ1) is 14.3. The van der Waals surface area contributed by atoms with E-state index in [0.717, 1.165) is 25.1 Å². The summed E-state index contributed by atoms with van der Waals surface area (Å²) in [6.45, 7) is 2.77. The summed E-state index contributed by atoms with van der Waals surface area (Å²) in [5.74, 6) is 6.81. The van der Waals surface area contributed by atoms with Gasteiger partial charge < -0.3 is 10.3 Å². The van der Waals surface area contributed by atoms with Crippen LogP contribution in [0.15, 0.2) is 12.1 Å². The predicted molar refractivity (Wildman–Crippen MR) is 82.8 cm³/mol. The molecule has 2 heterocycles. The van der Waals surface area contributed by atoms with Crippen molar-refractivity contribution in [2.24, 2.45) is 11.8 Å². The Balaban J connectivity index is 1.81. The van der Waals surface area contributed by atoms with Gasteiger partial charge in [0.1, 0.15) is 5.82 Å². The monoisotopic (exact) mass is 288 g/mol. The number of likely N-dealkylation sites (tertiary alicyclic amines) is 1. The van der Waals surface area contributed by atoms with Crippen LogP contribution in [0.4, 0.5) is 5.82 Å². The second-order valence-corrected chi connectivity index (χ2v) is 6.28. The van der Waals surface area contributed by atoms with Crippen LogP contribution >= 0.6 is 0 Å². The Kier molecular flexibility index (Phi) is 4.10.